The van der Waals surface area contributed by atoms with Gasteiger partial charge in [0.15, 0.2) is 5.54 Å². The predicted octanol–water partition coefficient (Wildman–Crippen LogP) is 3.47. The van der Waals surface area contributed by atoms with Gasteiger partial charge in [-0.25, -0.2) is 9.59 Å². The van der Waals surface area contributed by atoms with Gasteiger partial charge in [-0.05, 0) is 28.8 Å². The van der Waals surface area contributed by atoms with Crippen LogP contribution in [0.5, 0.6) is 0 Å². The van der Waals surface area contributed by atoms with E-state index in [0.717, 1.165) is 5.56 Å². The van der Waals surface area contributed by atoms with Gasteiger partial charge in [0.2, 0.25) is 0 Å². The van der Waals surface area contributed by atoms with Crippen LogP contribution in [-0.2, 0) is 21.6 Å². The van der Waals surface area contributed by atoms with Crippen LogP contribution in [-0.4, -0.2) is 29.9 Å². The lowest BCUT2D eigenvalue weighted by Gasteiger charge is -2.28. The Morgan fingerprint density at radius 3 is 1.90 bits per heavy atom. The van der Waals surface area contributed by atoms with E-state index in [1.807, 2.05) is 60.7 Å². The minimum atomic E-state index is -1.29. The number of methoxy groups -OCH3 is 1. The summed E-state index contributed by atoms with van der Waals surface area (Å²) >= 11 is 0. The van der Waals surface area contributed by atoms with Crippen molar-refractivity contribution in [2.45, 2.75) is 12.1 Å². The highest BCUT2D eigenvalue weighted by atomic mass is 16.5. The Hall–Kier alpha value is -3.93. The molecular formula is C24H20N2O4. The van der Waals surface area contributed by atoms with Crippen LogP contribution < -0.4 is 5.32 Å². The number of nitrogens with zero attached hydrogens (tertiary/aromatic N) is 1. The van der Waals surface area contributed by atoms with Crippen molar-refractivity contribution < 1.29 is 19.1 Å². The second kappa shape index (κ2) is 7.83. The number of hydrogen-bond acceptors (Lipinski definition) is 4. The number of amides is 3. The molecule has 3 amide bonds. The highest BCUT2D eigenvalue weighted by molar-refractivity contribution is 6.09. The second-order valence-corrected chi connectivity index (χ2v) is 6.99. The van der Waals surface area contributed by atoms with Crippen molar-refractivity contribution in [2.75, 3.05) is 7.11 Å². The van der Waals surface area contributed by atoms with Gasteiger partial charge in [0, 0.05) is 0 Å². The molecule has 30 heavy (non-hydrogen) atoms. The van der Waals surface area contributed by atoms with Crippen LogP contribution in [0.15, 0.2) is 84.9 Å². The van der Waals surface area contributed by atoms with E-state index >= 15 is 0 Å². The van der Waals surface area contributed by atoms with E-state index in [1.165, 1.54) is 12.0 Å². The third-order valence-electron chi connectivity index (χ3n) is 5.23. The van der Waals surface area contributed by atoms with Gasteiger partial charge in [0.05, 0.1) is 19.2 Å². The monoisotopic (exact) mass is 400 g/mol. The largest absolute Gasteiger partial charge is 0.465 e. The van der Waals surface area contributed by atoms with E-state index in [4.69, 9.17) is 4.74 Å². The summed E-state index contributed by atoms with van der Waals surface area (Å²) in [6.07, 6.45) is 0. The normalized spacial score (nSPS) is 15.0. The number of carbonyl (C=O) groups excluding carboxylic acids is 3. The van der Waals surface area contributed by atoms with E-state index in [0.29, 0.717) is 16.7 Å². The lowest BCUT2D eigenvalue weighted by molar-refractivity contribution is -0.130. The highest BCUT2D eigenvalue weighted by Crippen LogP contribution is 2.36. The summed E-state index contributed by atoms with van der Waals surface area (Å²) in [5.41, 5.74) is 1.23. The number of urea groups is 1. The summed E-state index contributed by atoms with van der Waals surface area (Å²) < 4.78 is 4.70. The zero-order chi connectivity index (χ0) is 21.1. The van der Waals surface area contributed by atoms with Crippen molar-refractivity contribution in [1.29, 1.82) is 0 Å². The van der Waals surface area contributed by atoms with Crippen LogP contribution in [0.1, 0.15) is 27.0 Å². The number of ether oxygens (including phenoxy) is 1. The number of esters is 1. The maximum Gasteiger partial charge on any atom is 0.337 e. The highest BCUT2D eigenvalue weighted by Gasteiger charge is 2.53. The van der Waals surface area contributed by atoms with Crippen molar-refractivity contribution in [3.63, 3.8) is 0 Å². The quantitative estimate of drug-likeness (QED) is 0.526. The maximum absolute atomic E-state index is 13.6. The Balaban J connectivity index is 1.70. The molecule has 1 aliphatic heterocycles. The first kappa shape index (κ1) is 19.4. The van der Waals surface area contributed by atoms with Crippen LogP contribution in [0.2, 0.25) is 0 Å². The first-order valence-electron chi connectivity index (χ1n) is 9.48. The van der Waals surface area contributed by atoms with Crippen LogP contribution in [0.3, 0.4) is 0 Å². The van der Waals surface area contributed by atoms with Gasteiger partial charge in [-0.2, -0.15) is 0 Å². The third-order valence-corrected chi connectivity index (χ3v) is 5.23. The Bertz CT molecular complexity index is 1040. The molecular weight excluding hydrogens is 380 g/mol. The topological polar surface area (TPSA) is 75.7 Å². The van der Waals surface area contributed by atoms with E-state index in [2.05, 4.69) is 5.32 Å². The summed E-state index contributed by atoms with van der Waals surface area (Å²) in [4.78, 5) is 39.3. The van der Waals surface area contributed by atoms with Gasteiger partial charge < -0.3 is 10.1 Å². The van der Waals surface area contributed by atoms with Crippen LogP contribution in [0, 0.1) is 0 Å². The van der Waals surface area contributed by atoms with Crippen molar-refractivity contribution in [3.8, 4) is 0 Å². The van der Waals surface area contributed by atoms with Crippen molar-refractivity contribution in [1.82, 2.24) is 10.2 Å². The predicted molar refractivity (Wildman–Crippen MR) is 111 cm³/mol. The van der Waals surface area contributed by atoms with Gasteiger partial charge in [-0.1, -0.05) is 72.8 Å². The zero-order valence-electron chi connectivity index (χ0n) is 16.4. The Kier molecular flexibility index (Phi) is 5.06. The van der Waals surface area contributed by atoms with E-state index < -0.39 is 17.5 Å². The lowest BCUT2D eigenvalue weighted by Crippen LogP contribution is -2.45. The van der Waals surface area contributed by atoms with Crippen LogP contribution in [0.25, 0.3) is 0 Å². The molecule has 1 saturated heterocycles. The maximum atomic E-state index is 13.6. The summed E-state index contributed by atoms with van der Waals surface area (Å²) in [7, 11) is 1.32. The van der Waals surface area contributed by atoms with Gasteiger partial charge in [-0.3, -0.25) is 9.69 Å². The molecule has 0 radical (unpaired) electrons. The number of imide groups is 1. The average Bonchev–Trinajstić information content (AvgIpc) is 3.06. The Morgan fingerprint density at radius 2 is 1.40 bits per heavy atom. The van der Waals surface area contributed by atoms with Crippen LogP contribution >= 0.6 is 0 Å². The molecule has 0 atom stereocenters. The van der Waals surface area contributed by atoms with E-state index in [-0.39, 0.29) is 12.5 Å². The summed E-state index contributed by atoms with van der Waals surface area (Å²) in [6, 6.07) is 24.6. The molecule has 6 heteroatoms. The van der Waals surface area contributed by atoms with E-state index in [9.17, 15) is 14.4 Å². The molecule has 0 saturated carbocycles. The number of benzene rings is 3. The van der Waals surface area contributed by atoms with Gasteiger partial charge in [0.1, 0.15) is 0 Å². The molecule has 3 aromatic rings. The molecule has 1 N–H and O–H groups in total. The molecule has 0 bridgehead atoms. The third kappa shape index (κ3) is 3.22. The minimum Gasteiger partial charge on any atom is -0.465 e. The minimum absolute atomic E-state index is 0.0908. The fourth-order valence-corrected chi connectivity index (χ4v) is 3.70. The van der Waals surface area contributed by atoms with Crippen molar-refractivity contribution in [2.24, 2.45) is 0 Å². The fraction of sp³-hybridized carbons (Fsp3) is 0.125. The van der Waals surface area contributed by atoms with E-state index in [1.54, 1.807) is 24.3 Å². The molecule has 0 spiro atoms. The number of carbonyl (C=O) groups is 3. The number of rotatable bonds is 5. The molecule has 0 aromatic heterocycles. The molecule has 1 heterocycles. The Morgan fingerprint density at radius 1 is 0.867 bits per heavy atom. The van der Waals surface area contributed by atoms with Crippen molar-refractivity contribution in [3.05, 3.63) is 107 Å². The van der Waals surface area contributed by atoms with Gasteiger partial charge in [0.25, 0.3) is 5.91 Å². The number of hydrogen-bond donors (Lipinski definition) is 1. The molecule has 1 fully saturated rings. The molecule has 3 aromatic carbocycles. The lowest BCUT2D eigenvalue weighted by atomic mass is 9.82. The molecule has 4 rings (SSSR count). The number of nitrogens with one attached hydrogen (secondary N) is 1. The smallest absolute Gasteiger partial charge is 0.337 e. The van der Waals surface area contributed by atoms with Crippen molar-refractivity contribution >= 4 is 17.9 Å². The SMILES string of the molecule is COC(=O)c1ccc(CN2C(=O)NC(c3ccccc3)(c3ccccc3)C2=O)cc1. The fourth-order valence-electron chi connectivity index (χ4n) is 3.70. The van der Waals surface area contributed by atoms with Gasteiger partial charge in [-0.15, -0.1) is 0 Å². The average molecular weight is 400 g/mol. The first-order chi connectivity index (χ1) is 14.6. The first-order valence-corrected chi connectivity index (χ1v) is 9.48. The molecule has 0 unspecified atom stereocenters. The molecule has 150 valence electrons. The Labute approximate surface area is 174 Å². The molecule has 6 nitrogen and oxygen atoms in total. The summed E-state index contributed by atoms with van der Waals surface area (Å²) in [5.74, 6) is -0.786. The standard InChI is InChI=1S/C24H20N2O4/c1-30-21(27)18-14-12-17(13-15-18)16-26-22(28)24(25-23(26)29,19-8-4-2-5-9-19)20-10-6-3-7-11-20/h2-15H,16H2,1H3,(H,25,29). The second-order valence-electron chi connectivity index (χ2n) is 6.99. The zero-order valence-corrected chi connectivity index (χ0v) is 16.4. The molecule has 0 aliphatic carbocycles. The molecule has 1 aliphatic rings. The summed E-state index contributed by atoms with van der Waals surface area (Å²) in [5, 5.41) is 2.92. The van der Waals surface area contributed by atoms with Crippen LogP contribution in [0.4, 0.5) is 4.79 Å². The van der Waals surface area contributed by atoms with Gasteiger partial charge >= 0.3 is 12.0 Å². The summed E-state index contributed by atoms with van der Waals surface area (Å²) in [6.45, 7) is 0.0908.